The molecule has 9 aromatic carbocycles. The van der Waals surface area contributed by atoms with E-state index < -0.39 is 0 Å². The van der Waals surface area contributed by atoms with E-state index >= 15 is 0 Å². The van der Waals surface area contributed by atoms with Gasteiger partial charge in [-0.3, -0.25) is 0 Å². The van der Waals surface area contributed by atoms with Crippen molar-refractivity contribution < 1.29 is 523 Å². The summed E-state index contributed by atoms with van der Waals surface area (Å²) in [5.74, 6) is 14.1. The zero-order chi connectivity index (χ0) is 80.7. The minimum atomic E-state index is 0. The van der Waals surface area contributed by atoms with Gasteiger partial charge < -0.3 is 19.3 Å². The number of hydrogen-bond acceptors (Lipinski definition) is 0. The summed E-state index contributed by atoms with van der Waals surface area (Å²) in [5.41, 5.74) is 18.1. The molecule has 9 aromatic rings. The molecular weight excluding hydrogens is 2820 g/mol. The van der Waals surface area contributed by atoms with E-state index in [1.54, 1.807) is 11.1 Å². The van der Waals surface area contributed by atoms with Crippen LogP contribution in [0.25, 0.3) is 33.4 Å². The molecule has 0 atom stereocenters. The third kappa shape index (κ3) is 59.5. The standard InChI is InChI=1S/C25H31.C19H27.C19H21.C13H23.C13H17.C13H11.C7H13.C7H7.16Y/c1-19-7-9-21(10-8-19)23-15-17-25(18-16-23)24-13-11-22(12-14-24)20-5-3-2-4-6-20;2*1-15-7-9-17(10-8-15)19-13-11-18(12-14-19)16-5-3-2-4-6-16;3*1-11-7-9-13(10-8-11)12-5-3-2-4-6-12;2*1-7-5-3-2-4-6-7;;;;;;;;;;;;;;;;/h2,11-21H,3-10H2,1H3;3-6,15,17-19H,7-14H2,1H3;3-6,11-15,17H,7-10H2,1H3;2,11-13H,3-10H2,1H3;3-6,11,13H,7-10H2,1H3;3-10H,1H3;2,7H,3-6H2,1H3;3-6H,1H3;;;;;;;;;;;;;;;;/q8*-1;;;;;;;;;;;;;;;;. The molecule has 9 fully saturated rings. The Morgan fingerprint density at radius 1 is 0.167 bits per heavy atom. The third-order valence-corrected chi connectivity index (χ3v) is 28.9. The maximum atomic E-state index is 3.14. The number of rotatable bonds is 10. The molecule has 18 rings (SSSR count). The average molecular weight is 2970 g/mol. The largest absolute Gasteiger partial charge is 0.328 e. The van der Waals surface area contributed by atoms with Crippen LogP contribution in [-0.2, 0) is 523 Å². The van der Waals surface area contributed by atoms with Crippen molar-refractivity contribution >= 4 is 0 Å². The monoisotopic (exact) mass is 2970 g/mol. The first-order chi connectivity index (χ1) is 56.8. The van der Waals surface area contributed by atoms with E-state index in [0.29, 0.717) is 0 Å². The summed E-state index contributed by atoms with van der Waals surface area (Å²) in [5, 5.41) is 0. The van der Waals surface area contributed by atoms with E-state index in [9.17, 15) is 0 Å². The van der Waals surface area contributed by atoms with Crippen molar-refractivity contribution in [3.05, 3.63) is 307 Å². The van der Waals surface area contributed by atoms with Gasteiger partial charge in [0.2, 0.25) is 0 Å². The molecule has 9 saturated carbocycles. The summed E-state index contributed by atoms with van der Waals surface area (Å²) in [4.78, 5) is 0. The topological polar surface area (TPSA) is 0 Å². The fourth-order valence-corrected chi connectivity index (χ4v) is 20.6. The maximum absolute atomic E-state index is 3.14. The van der Waals surface area contributed by atoms with Crippen LogP contribution in [0.4, 0.5) is 0 Å². The molecule has 132 heavy (non-hydrogen) atoms. The summed E-state index contributed by atoms with van der Waals surface area (Å²) in [6.45, 7) is 18.5. The van der Waals surface area contributed by atoms with Crippen LogP contribution in [0, 0.1) is 123 Å². The quantitative estimate of drug-likeness (QED) is 0.120. The van der Waals surface area contributed by atoms with Crippen molar-refractivity contribution in [1.29, 1.82) is 0 Å². The minimum Gasteiger partial charge on any atom is -0.328 e. The summed E-state index contributed by atoms with van der Waals surface area (Å²) in [6.07, 6.45) is 58.4. The number of benzene rings is 9. The van der Waals surface area contributed by atoms with Crippen molar-refractivity contribution in [2.24, 2.45) is 59.2 Å². The van der Waals surface area contributed by atoms with Gasteiger partial charge in [-0.2, -0.15) is 207 Å². The van der Waals surface area contributed by atoms with E-state index in [1.165, 1.54) is 292 Å². The summed E-state index contributed by atoms with van der Waals surface area (Å²) < 4.78 is 0. The third-order valence-electron chi connectivity index (χ3n) is 28.9. The van der Waals surface area contributed by atoms with Crippen molar-refractivity contribution in [2.45, 2.75) is 316 Å². The van der Waals surface area contributed by atoms with Crippen LogP contribution < -0.4 is 0 Å². The van der Waals surface area contributed by atoms with E-state index in [-0.39, 0.29) is 523 Å². The van der Waals surface area contributed by atoms with Crippen LogP contribution in [-0.4, -0.2) is 0 Å². The molecule has 670 valence electrons. The summed E-state index contributed by atoms with van der Waals surface area (Å²) in [6, 6.07) is 93.1. The van der Waals surface area contributed by atoms with Gasteiger partial charge in [-0.25, -0.2) is 0 Å². The molecule has 0 aliphatic heterocycles. The first-order valence-corrected chi connectivity index (χ1v) is 47.4. The van der Waals surface area contributed by atoms with Crippen molar-refractivity contribution in [2.75, 3.05) is 0 Å². The van der Waals surface area contributed by atoms with Gasteiger partial charge in [0.05, 0.1) is 0 Å². The fraction of sp³-hybridized carbons (Fsp3) is 0.509. The normalized spacial score (nSPS) is 22.6. The van der Waals surface area contributed by atoms with Crippen LogP contribution in [0.1, 0.15) is 341 Å². The molecule has 0 N–H and O–H groups in total. The second-order valence-corrected chi connectivity index (χ2v) is 38.0. The first-order valence-electron chi connectivity index (χ1n) is 47.4. The minimum absolute atomic E-state index is 0. The molecule has 0 heterocycles. The van der Waals surface area contributed by atoms with Crippen molar-refractivity contribution in [3.63, 3.8) is 0 Å². The van der Waals surface area contributed by atoms with Gasteiger partial charge in [-0.1, -0.05) is 254 Å². The Balaban J connectivity index is -0.000000346. The zero-order valence-electron chi connectivity index (χ0n) is 82.9. The Morgan fingerprint density at radius 2 is 0.333 bits per heavy atom. The molecule has 9 aliphatic rings. The molecule has 0 aromatic heterocycles. The first kappa shape index (κ1) is 153. The van der Waals surface area contributed by atoms with Crippen LogP contribution >= 0.6 is 0 Å². The molecule has 9 aliphatic carbocycles. The molecule has 0 unspecified atom stereocenters. The molecule has 0 saturated heterocycles. The van der Waals surface area contributed by atoms with E-state index in [4.69, 9.17) is 0 Å². The smallest absolute Gasteiger partial charge is 0 e. The summed E-state index contributed by atoms with van der Waals surface area (Å²) in [7, 11) is 0. The molecule has 0 spiro atoms. The second kappa shape index (κ2) is 91.9. The molecule has 0 bridgehead atoms. The number of hydrogen-bond donors (Lipinski definition) is 0. The van der Waals surface area contributed by atoms with Crippen molar-refractivity contribution in [3.8, 4) is 33.4 Å². The molecule has 16 radical (unpaired) electrons. The van der Waals surface area contributed by atoms with Crippen LogP contribution in [0.3, 0.4) is 0 Å². The van der Waals surface area contributed by atoms with Gasteiger partial charge in [-0.15, -0.1) is 11.1 Å². The van der Waals surface area contributed by atoms with Gasteiger partial charge >= 0.3 is 0 Å². The zero-order valence-corrected chi connectivity index (χ0v) is 128. The van der Waals surface area contributed by atoms with Gasteiger partial charge in [0.25, 0.3) is 0 Å². The molecular formula is C116H150Y16-8. The van der Waals surface area contributed by atoms with E-state index in [1.807, 2.05) is 60.7 Å². The number of aryl methyl sites for hydroxylation is 2. The average Bonchev–Trinajstić information content (AvgIpc) is 0.833. The fourth-order valence-electron chi connectivity index (χ4n) is 20.6. The second-order valence-electron chi connectivity index (χ2n) is 38.0. The van der Waals surface area contributed by atoms with Crippen LogP contribution in [0.5, 0.6) is 0 Å². The van der Waals surface area contributed by atoms with Crippen LogP contribution in [0.2, 0.25) is 0 Å². The van der Waals surface area contributed by atoms with Gasteiger partial charge in [0.1, 0.15) is 0 Å². The Kier molecular flexibility index (Phi) is 107. The van der Waals surface area contributed by atoms with Gasteiger partial charge in [-0.05, 0) is 225 Å². The van der Waals surface area contributed by atoms with Gasteiger partial charge in [0, 0.05) is 523 Å². The Hall–Kier alpha value is 10.6. The molecule has 0 amide bonds. The van der Waals surface area contributed by atoms with E-state index in [0.717, 1.165) is 88.8 Å². The van der Waals surface area contributed by atoms with Crippen LogP contribution in [0.15, 0.2) is 218 Å². The predicted molar refractivity (Wildman–Crippen MR) is 500 cm³/mol. The van der Waals surface area contributed by atoms with E-state index in [2.05, 4.69) is 263 Å². The Morgan fingerprint density at radius 3 is 0.576 bits per heavy atom. The predicted octanol–water partition coefficient (Wildman–Crippen LogP) is 34.1. The summed E-state index contributed by atoms with van der Waals surface area (Å²) >= 11 is 0. The Labute approximate surface area is 1210 Å². The Bertz CT molecular complexity index is 3990. The molecule has 16 heteroatoms. The molecule has 0 nitrogen and oxygen atoms in total. The van der Waals surface area contributed by atoms with Crippen molar-refractivity contribution in [1.82, 2.24) is 0 Å². The maximum Gasteiger partial charge on any atom is 0 e. The SMILES string of the molecule is CC1CCC(C2CCC(c3cc[c-]cc3)CC2)CC1.CC1CCC(C2CC[CH-]CC2)CC1.CC1CCC(c2cc[c-]cc2)CC1.CC1CCC(c2ccc(-c3cc[c-]cc3)cc2)CC1.CC1CCC(c2ccc(-c3ccc(C4CC[CH-]CC4)cc3)cc2)CC1.CC1CC[CH-]CC1.Cc1cc[c-]cc1.Cc1ccc(-c2cc[c-]cc2)cc1.[Y].[Y].[Y].[Y].[Y].[Y].[Y].[Y].[Y].[Y].[Y].[Y].[Y].[Y].[Y].[Y]. The van der Waals surface area contributed by atoms with Gasteiger partial charge in [0.15, 0.2) is 0 Å².